The number of aromatic nitrogens is 4. The number of pyridine rings is 1. The number of aliphatic hydroxyl groups is 1. The fourth-order valence-electron chi connectivity index (χ4n) is 3.10. The first-order valence-corrected chi connectivity index (χ1v) is 10.6. The van der Waals surface area contributed by atoms with Crippen LogP contribution >= 0.6 is 11.3 Å². The molecule has 0 spiro atoms. The van der Waals surface area contributed by atoms with E-state index in [1.165, 1.54) is 0 Å². The van der Waals surface area contributed by atoms with E-state index in [4.69, 9.17) is 0 Å². The first-order valence-electron chi connectivity index (χ1n) is 9.83. The second-order valence-electron chi connectivity index (χ2n) is 7.42. The van der Waals surface area contributed by atoms with Crippen molar-refractivity contribution >= 4 is 39.0 Å². The van der Waals surface area contributed by atoms with E-state index in [-0.39, 0.29) is 18.6 Å². The number of fused-ring (bicyclic) bond motifs is 1. The van der Waals surface area contributed by atoms with E-state index < -0.39 is 0 Å². The number of anilines is 3. The largest absolute Gasteiger partial charge is 0.394 e. The standard InChI is InChI=1S/C22H24N6OS/c1-13(2)19(12-29)27-22-26-17(15-5-4-8-23-11-15)10-21(28-22)25-16-6-7-20-18(9-16)24-14(3)30-20/h4-11,13,19,29H,12H2,1-3H3,(H2,25,26,27,28)/t19-/m0/s1. The minimum absolute atomic E-state index is 0.000747. The third-order valence-electron chi connectivity index (χ3n) is 4.77. The molecule has 0 saturated carbocycles. The van der Waals surface area contributed by atoms with Crippen molar-refractivity contribution in [1.29, 1.82) is 0 Å². The average molecular weight is 421 g/mol. The molecule has 0 fully saturated rings. The number of nitrogens with zero attached hydrogens (tertiary/aromatic N) is 4. The summed E-state index contributed by atoms with van der Waals surface area (Å²) in [7, 11) is 0. The van der Waals surface area contributed by atoms with E-state index in [0.29, 0.717) is 11.8 Å². The molecule has 0 radical (unpaired) electrons. The van der Waals surface area contributed by atoms with Gasteiger partial charge in [-0.3, -0.25) is 4.98 Å². The normalized spacial score (nSPS) is 12.3. The predicted octanol–water partition coefficient (Wildman–Crippen LogP) is 4.63. The van der Waals surface area contributed by atoms with E-state index in [2.05, 4.69) is 36.6 Å². The fourth-order valence-corrected chi connectivity index (χ4v) is 3.90. The molecule has 4 rings (SSSR count). The summed E-state index contributed by atoms with van der Waals surface area (Å²) >= 11 is 1.68. The van der Waals surface area contributed by atoms with Crippen LogP contribution in [0.5, 0.6) is 0 Å². The summed E-state index contributed by atoms with van der Waals surface area (Å²) in [5.41, 5.74) is 3.50. The van der Waals surface area contributed by atoms with Gasteiger partial charge >= 0.3 is 0 Å². The lowest BCUT2D eigenvalue weighted by atomic mass is 10.1. The summed E-state index contributed by atoms with van der Waals surface area (Å²) in [6, 6.07) is 11.7. The van der Waals surface area contributed by atoms with E-state index in [1.54, 1.807) is 23.7 Å². The molecule has 0 unspecified atom stereocenters. The number of aliphatic hydroxyl groups excluding tert-OH is 1. The van der Waals surface area contributed by atoms with Crippen LogP contribution < -0.4 is 10.6 Å². The van der Waals surface area contributed by atoms with Crippen LogP contribution in [0.25, 0.3) is 21.5 Å². The first kappa shape index (κ1) is 20.2. The van der Waals surface area contributed by atoms with Gasteiger partial charge in [0, 0.05) is 29.7 Å². The number of thiazole rings is 1. The van der Waals surface area contributed by atoms with Gasteiger partial charge in [-0.25, -0.2) is 9.97 Å². The highest BCUT2D eigenvalue weighted by Gasteiger charge is 2.15. The fraction of sp³-hybridized carbons (Fsp3) is 0.273. The topological polar surface area (TPSA) is 95.9 Å². The molecular weight excluding hydrogens is 396 g/mol. The Morgan fingerprint density at radius 2 is 1.97 bits per heavy atom. The van der Waals surface area contributed by atoms with Gasteiger partial charge in [0.05, 0.1) is 33.6 Å². The van der Waals surface area contributed by atoms with Crippen LogP contribution in [0, 0.1) is 12.8 Å². The maximum atomic E-state index is 9.70. The molecule has 0 saturated heterocycles. The van der Waals surface area contributed by atoms with Gasteiger partial charge in [-0.2, -0.15) is 4.98 Å². The Hall–Kier alpha value is -3.10. The van der Waals surface area contributed by atoms with Gasteiger partial charge in [-0.05, 0) is 43.2 Å². The number of benzene rings is 1. The molecule has 0 aliphatic heterocycles. The highest BCUT2D eigenvalue weighted by atomic mass is 32.1. The second-order valence-corrected chi connectivity index (χ2v) is 8.66. The first-order chi connectivity index (χ1) is 14.5. The monoisotopic (exact) mass is 420 g/mol. The maximum Gasteiger partial charge on any atom is 0.225 e. The van der Waals surface area contributed by atoms with Gasteiger partial charge in [0.25, 0.3) is 0 Å². The quantitative estimate of drug-likeness (QED) is 0.401. The third kappa shape index (κ3) is 4.55. The minimum Gasteiger partial charge on any atom is -0.394 e. The smallest absolute Gasteiger partial charge is 0.225 e. The summed E-state index contributed by atoms with van der Waals surface area (Å²) in [5.74, 6) is 1.34. The molecule has 4 aromatic rings. The molecule has 0 aliphatic carbocycles. The average Bonchev–Trinajstić information content (AvgIpc) is 3.11. The van der Waals surface area contributed by atoms with Crippen LogP contribution in [0.4, 0.5) is 17.5 Å². The van der Waals surface area contributed by atoms with Crippen molar-refractivity contribution in [3.8, 4) is 11.3 Å². The number of hydrogen-bond donors (Lipinski definition) is 3. The zero-order valence-electron chi connectivity index (χ0n) is 17.1. The van der Waals surface area contributed by atoms with Gasteiger partial charge in [0.2, 0.25) is 5.95 Å². The van der Waals surface area contributed by atoms with Gasteiger partial charge in [-0.15, -0.1) is 11.3 Å². The van der Waals surface area contributed by atoms with Crippen molar-refractivity contribution < 1.29 is 5.11 Å². The highest BCUT2D eigenvalue weighted by molar-refractivity contribution is 7.18. The Bertz CT molecular complexity index is 1150. The molecule has 8 heteroatoms. The molecule has 1 aromatic carbocycles. The van der Waals surface area contributed by atoms with Crippen LogP contribution in [0.1, 0.15) is 18.9 Å². The van der Waals surface area contributed by atoms with E-state index in [9.17, 15) is 5.11 Å². The van der Waals surface area contributed by atoms with Gasteiger partial charge in [-0.1, -0.05) is 13.8 Å². The third-order valence-corrected chi connectivity index (χ3v) is 5.72. The Balaban J connectivity index is 1.70. The molecule has 3 N–H and O–H groups in total. The van der Waals surface area contributed by atoms with Gasteiger partial charge in [0.1, 0.15) is 5.82 Å². The lowest BCUT2D eigenvalue weighted by Crippen LogP contribution is -2.30. The summed E-state index contributed by atoms with van der Waals surface area (Å²) in [4.78, 5) is 18.0. The lowest BCUT2D eigenvalue weighted by molar-refractivity contribution is 0.248. The molecule has 3 heterocycles. The minimum atomic E-state index is -0.142. The molecule has 1 atom stereocenters. The van der Waals surface area contributed by atoms with E-state index >= 15 is 0 Å². The van der Waals surface area contributed by atoms with Crippen molar-refractivity contribution in [2.75, 3.05) is 17.2 Å². The number of aryl methyl sites for hydroxylation is 1. The van der Waals surface area contributed by atoms with Crippen molar-refractivity contribution in [3.63, 3.8) is 0 Å². The summed E-state index contributed by atoms with van der Waals surface area (Å²) in [6.45, 7) is 6.10. The molecular formula is C22H24N6OS. The van der Waals surface area contributed by atoms with E-state index in [0.717, 1.165) is 32.2 Å². The zero-order valence-corrected chi connectivity index (χ0v) is 17.9. The molecule has 3 aromatic heterocycles. The second kappa shape index (κ2) is 8.73. The van der Waals surface area contributed by atoms with E-state index in [1.807, 2.05) is 51.1 Å². The Kier molecular flexibility index (Phi) is 5.87. The van der Waals surface area contributed by atoms with Crippen molar-refractivity contribution in [1.82, 2.24) is 19.9 Å². The van der Waals surface area contributed by atoms with Crippen LogP contribution in [0.15, 0.2) is 48.8 Å². The number of hydrogen-bond acceptors (Lipinski definition) is 8. The Morgan fingerprint density at radius 3 is 2.70 bits per heavy atom. The van der Waals surface area contributed by atoms with Crippen LogP contribution in [-0.4, -0.2) is 37.7 Å². The summed E-state index contributed by atoms with van der Waals surface area (Å²) in [5, 5.41) is 17.4. The predicted molar refractivity (Wildman–Crippen MR) is 122 cm³/mol. The van der Waals surface area contributed by atoms with Gasteiger partial charge in [0.15, 0.2) is 0 Å². The molecule has 0 aliphatic rings. The van der Waals surface area contributed by atoms with Crippen LogP contribution in [0.2, 0.25) is 0 Å². The maximum absolute atomic E-state index is 9.70. The van der Waals surface area contributed by atoms with Crippen molar-refractivity contribution in [2.45, 2.75) is 26.8 Å². The van der Waals surface area contributed by atoms with Crippen LogP contribution in [0.3, 0.4) is 0 Å². The highest BCUT2D eigenvalue weighted by Crippen LogP contribution is 2.28. The summed E-state index contributed by atoms with van der Waals surface area (Å²) in [6.07, 6.45) is 3.50. The molecule has 154 valence electrons. The lowest BCUT2D eigenvalue weighted by Gasteiger charge is -2.20. The molecule has 30 heavy (non-hydrogen) atoms. The summed E-state index contributed by atoms with van der Waals surface area (Å²) < 4.78 is 1.15. The zero-order chi connectivity index (χ0) is 21.1. The Labute approximate surface area is 179 Å². The van der Waals surface area contributed by atoms with Crippen LogP contribution in [-0.2, 0) is 0 Å². The molecule has 0 amide bonds. The number of nitrogens with one attached hydrogen (secondary N) is 2. The van der Waals surface area contributed by atoms with Crippen molar-refractivity contribution in [3.05, 3.63) is 53.8 Å². The molecule has 0 bridgehead atoms. The number of rotatable bonds is 7. The Morgan fingerprint density at radius 1 is 1.10 bits per heavy atom. The molecule has 7 nitrogen and oxygen atoms in total. The van der Waals surface area contributed by atoms with Crippen molar-refractivity contribution in [2.24, 2.45) is 5.92 Å². The SMILES string of the molecule is Cc1nc2cc(Nc3cc(-c4cccnc4)nc(N[C@@H](CO)C(C)C)n3)ccc2s1. The van der Waals surface area contributed by atoms with Gasteiger partial charge < -0.3 is 15.7 Å².